The van der Waals surface area contributed by atoms with E-state index in [0.717, 1.165) is 24.0 Å². The summed E-state index contributed by atoms with van der Waals surface area (Å²) in [5.41, 5.74) is 2.29. The van der Waals surface area contributed by atoms with Gasteiger partial charge in [-0.3, -0.25) is 0 Å². The third kappa shape index (κ3) is 2.46. The fraction of sp³-hybridized carbons (Fsp3) is 0.462. The Morgan fingerprint density at radius 1 is 1.41 bits per heavy atom. The summed E-state index contributed by atoms with van der Waals surface area (Å²) < 4.78 is 31.6. The number of aryl methyl sites for hydroxylation is 2. The summed E-state index contributed by atoms with van der Waals surface area (Å²) in [4.78, 5) is 11.1. The van der Waals surface area contributed by atoms with Crippen LogP contribution < -0.4 is 0 Å². The number of carbonyl (C=O) groups is 1. The Balaban J connectivity index is 2.08. The highest BCUT2D eigenvalue weighted by molar-refractivity contribution is 5.74. The van der Waals surface area contributed by atoms with Crippen LogP contribution in [0.25, 0.3) is 0 Å². The first-order valence-electron chi connectivity index (χ1n) is 5.72. The number of rotatable bonds is 4. The van der Waals surface area contributed by atoms with E-state index in [4.69, 9.17) is 0 Å². The van der Waals surface area contributed by atoms with Gasteiger partial charge < -0.3 is 4.74 Å². The quantitative estimate of drug-likeness (QED) is 0.755. The number of esters is 1. The molecular formula is C13H14F2O2. The van der Waals surface area contributed by atoms with Crippen LogP contribution in [-0.2, 0) is 28.8 Å². The van der Waals surface area contributed by atoms with Crippen molar-refractivity contribution >= 4 is 5.97 Å². The molecule has 0 N–H and O–H groups in total. The molecule has 0 radical (unpaired) electrons. The third-order valence-electron chi connectivity index (χ3n) is 2.97. The normalized spacial score (nSPS) is 14.8. The molecule has 1 unspecified atom stereocenters. The Labute approximate surface area is 98.6 Å². The average Bonchev–Trinajstić information content (AvgIpc) is 2.27. The Morgan fingerprint density at radius 2 is 2.06 bits per heavy atom. The van der Waals surface area contributed by atoms with Crippen molar-refractivity contribution in [1.29, 1.82) is 0 Å². The number of hydrogen-bond donors (Lipinski definition) is 0. The fourth-order valence-corrected chi connectivity index (χ4v) is 1.93. The number of ether oxygens (including phenoxy) is 1. The predicted molar refractivity (Wildman–Crippen MR) is 59.0 cm³/mol. The van der Waals surface area contributed by atoms with Crippen molar-refractivity contribution in [2.45, 2.75) is 32.4 Å². The van der Waals surface area contributed by atoms with E-state index in [1.165, 1.54) is 6.07 Å². The van der Waals surface area contributed by atoms with Crippen LogP contribution in [0.5, 0.6) is 0 Å². The van der Waals surface area contributed by atoms with Crippen molar-refractivity contribution < 1.29 is 18.3 Å². The molecule has 0 aromatic heterocycles. The van der Waals surface area contributed by atoms with Gasteiger partial charge in [-0.2, -0.15) is 0 Å². The van der Waals surface area contributed by atoms with Crippen molar-refractivity contribution in [2.75, 3.05) is 6.61 Å². The molecule has 1 aromatic rings. The average molecular weight is 240 g/mol. The van der Waals surface area contributed by atoms with Crippen molar-refractivity contribution in [3.05, 3.63) is 34.6 Å². The largest absolute Gasteiger partial charge is 0.464 e. The molecule has 92 valence electrons. The molecule has 0 saturated carbocycles. The maximum Gasteiger partial charge on any atom is 0.341 e. The van der Waals surface area contributed by atoms with E-state index >= 15 is 0 Å². The Kier molecular flexibility index (Phi) is 3.41. The topological polar surface area (TPSA) is 26.3 Å². The molecule has 0 aliphatic heterocycles. The fourth-order valence-electron chi connectivity index (χ4n) is 1.93. The molecule has 0 saturated heterocycles. The van der Waals surface area contributed by atoms with E-state index in [1.54, 1.807) is 13.0 Å². The van der Waals surface area contributed by atoms with Crippen molar-refractivity contribution in [3.63, 3.8) is 0 Å². The summed E-state index contributed by atoms with van der Waals surface area (Å²) in [6.45, 7) is 1.74. The highest BCUT2D eigenvalue weighted by Gasteiger charge is 2.23. The van der Waals surface area contributed by atoms with Crippen molar-refractivity contribution in [2.24, 2.45) is 0 Å². The van der Waals surface area contributed by atoms with Gasteiger partial charge in [-0.25, -0.2) is 13.6 Å². The number of fused-ring (bicyclic) bond motifs is 1. The third-order valence-corrected chi connectivity index (χ3v) is 2.97. The van der Waals surface area contributed by atoms with Gasteiger partial charge in [-0.15, -0.1) is 0 Å². The highest BCUT2D eigenvalue weighted by atomic mass is 19.1. The minimum atomic E-state index is -1.79. The van der Waals surface area contributed by atoms with Gasteiger partial charge in [0.2, 0.25) is 6.17 Å². The number of halogens is 2. The molecule has 1 aromatic carbocycles. The smallest absolute Gasteiger partial charge is 0.341 e. The Bertz CT molecular complexity index is 443. The summed E-state index contributed by atoms with van der Waals surface area (Å²) in [7, 11) is 0. The highest BCUT2D eigenvalue weighted by Crippen LogP contribution is 2.26. The van der Waals surface area contributed by atoms with Crippen LogP contribution in [-0.4, -0.2) is 18.7 Å². The zero-order chi connectivity index (χ0) is 12.4. The van der Waals surface area contributed by atoms with Crippen LogP contribution in [0, 0.1) is 5.82 Å². The second-order valence-electron chi connectivity index (χ2n) is 4.14. The van der Waals surface area contributed by atoms with Gasteiger partial charge in [0.15, 0.2) is 0 Å². The summed E-state index contributed by atoms with van der Waals surface area (Å²) in [5, 5.41) is 0. The Morgan fingerprint density at radius 3 is 2.65 bits per heavy atom. The Hall–Kier alpha value is -1.45. The lowest BCUT2D eigenvalue weighted by Crippen LogP contribution is -2.22. The predicted octanol–water partition coefficient (Wildman–Crippen LogP) is 2.37. The van der Waals surface area contributed by atoms with Gasteiger partial charge in [-0.05, 0) is 42.5 Å². The number of benzene rings is 1. The molecule has 4 heteroatoms. The van der Waals surface area contributed by atoms with E-state index in [2.05, 4.69) is 4.74 Å². The van der Waals surface area contributed by atoms with Crippen molar-refractivity contribution in [1.82, 2.24) is 0 Å². The molecular weight excluding hydrogens is 226 g/mol. The van der Waals surface area contributed by atoms with Gasteiger partial charge in [-0.1, -0.05) is 6.07 Å². The monoisotopic (exact) mass is 240 g/mol. The second-order valence-corrected chi connectivity index (χ2v) is 4.14. The van der Waals surface area contributed by atoms with Crippen LogP contribution in [0.2, 0.25) is 0 Å². The lowest BCUT2D eigenvalue weighted by Gasteiger charge is -2.20. The van der Waals surface area contributed by atoms with Crippen LogP contribution in [0.1, 0.15) is 23.6 Å². The minimum Gasteiger partial charge on any atom is -0.464 e. The lowest BCUT2D eigenvalue weighted by atomic mass is 9.86. The van der Waals surface area contributed by atoms with Crippen LogP contribution in [0.3, 0.4) is 0 Å². The molecule has 0 spiro atoms. The molecule has 0 fully saturated rings. The zero-order valence-corrected chi connectivity index (χ0v) is 9.63. The second kappa shape index (κ2) is 4.82. The van der Waals surface area contributed by atoms with Crippen LogP contribution in [0.15, 0.2) is 12.1 Å². The van der Waals surface area contributed by atoms with E-state index in [-0.39, 0.29) is 18.6 Å². The maximum atomic E-state index is 13.6. The van der Waals surface area contributed by atoms with Gasteiger partial charge in [0.1, 0.15) is 5.82 Å². The zero-order valence-electron chi connectivity index (χ0n) is 9.63. The molecule has 0 amide bonds. The molecule has 0 bridgehead atoms. The molecule has 17 heavy (non-hydrogen) atoms. The van der Waals surface area contributed by atoms with E-state index < -0.39 is 18.0 Å². The van der Waals surface area contributed by atoms with Crippen LogP contribution >= 0.6 is 0 Å². The van der Waals surface area contributed by atoms with Crippen LogP contribution in [0.4, 0.5) is 8.78 Å². The SMILES string of the molecule is CCOC(=O)C(F)Cc1cc2c(cc1F)CC2. The number of hydrogen-bond acceptors (Lipinski definition) is 2. The molecule has 1 aliphatic carbocycles. The molecule has 0 heterocycles. The van der Waals surface area contributed by atoms with Gasteiger partial charge >= 0.3 is 5.97 Å². The first-order chi connectivity index (χ1) is 8.11. The number of carbonyl (C=O) groups excluding carboxylic acids is 1. The standard InChI is InChI=1S/C13H14F2O2/c1-2-17-13(16)12(15)7-10-5-8-3-4-9(8)6-11(10)14/h5-6,12H,2-4,7H2,1H3. The molecule has 1 aliphatic rings. The van der Waals surface area contributed by atoms with E-state index in [1.807, 2.05) is 0 Å². The van der Waals surface area contributed by atoms with Gasteiger partial charge in [0.05, 0.1) is 6.61 Å². The summed E-state index contributed by atoms with van der Waals surface area (Å²) in [5.74, 6) is -1.36. The van der Waals surface area contributed by atoms with E-state index in [9.17, 15) is 13.6 Å². The van der Waals surface area contributed by atoms with Gasteiger partial charge in [0, 0.05) is 6.42 Å². The molecule has 2 nitrogen and oxygen atoms in total. The molecule has 1 atom stereocenters. The minimum absolute atomic E-state index is 0.131. The summed E-state index contributed by atoms with van der Waals surface area (Å²) in [6.07, 6.45) is -0.261. The molecule has 2 rings (SSSR count). The van der Waals surface area contributed by atoms with Gasteiger partial charge in [0.25, 0.3) is 0 Å². The lowest BCUT2D eigenvalue weighted by molar-refractivity contribution is -0.149. The maximum absolute atomic E-state index is 13.6. The van der Waals surface area contributed by atoms with E-state index in [0.29, 0.717) is 0 Å². The summed E-state index contributed by atoms with van der Waals surface area (Å²) in [6, 6.07) is 3.09. The first kappa shape index (κ1) is 12.0. The van der Waals surface area contributed by atoms with Crippen molar-refractivity contribution in [3.8, 4) is 0 Å². The number of alkyl halides is 1. The summed E-state index contributed by atoms with van der Waals surface area (Å²) >= 11 is 0. The first-order valence-corrected chi connectivity index (χ1v) is 5.72.